The van der Waals surface area contributed by atoms with Crippen LogP contribution < -0.4 is 0 Å². The summed E-state index contributed by atoms with van der Waals surface area (Å²) in [7, 11) is 0. The monoisotopic (exact) mass is 303 g/mol. The van der Waals surface area contributed by atoms with Crippen LogP contribution in [0.1, 0.15) is 51.2 Å². The molecule has 0 spiro atoms. The summed E-state index contributed by atoms with van der Waals surface area (Å²) in [5, 5.41) is 0. The molecule has 0 aromatic heterocycles. The van der Waals surface area contributed by atoms with Gasteiger partial charge in [0.1, 0.15) is 11.4 Å². The number of amides is 1. The molecule has 0 heterocycles. The predicted octanol–water partition coefficient (Wildman–Crippen LogP) is 4.10. The van der Waals surface area contributed by atoms with E-state index in [0.29, 0.717) is 12.1 Å². The van der Waals surface area contributed by atoms with Crippen molar-refractivity contribution < 1.29 is 13.9 Å². The van der Waals surface area contributed by atoms with Crippen molar-refractivity contribution in [2.75, 3.05) is 0 Å². The second kappa shape index (κ2) is 6.39. The van der Waals surface area contributed by atoms with Gasteiger partial charge in [-0.05, 0) is 57.7 Å². The highest BCUT2D eigenvalue weighted by Crippen LogP contribution is 2.28. The Morgan fingerprint density at radius 2 is 2.14 bits per heavy atom. The summed E-state index contributed by atoms with van der Waals surface area (Å²) in [5.74, 6) is 1.86. The van der Waals surface area contributed by atoms with E-state index in [1.54, 1.807) is 17.0 Å². The maximum absolute atomic E-state index is 13.8. The minimum absolute atomic E-state index is 0.172. The summed E-state index contributed by atoms with van der Waals surface area (Å²) >= 11 is 0. The van der Waals surface area contributed by atoms with Gasteiger partial charge in [-0.3, -0.25) is 0 Å². The van der Waals surface area contributed by atoms with Crippen LogP contribution in [0.2, 0.25) is 0 Å². The highest BCUT2D eigenvalue weighted by atomic mass is 19.1. The number of halogens is 1. The van der Waals surface area contributed by atoms with Crippen LogP contribution in [0.25, 0.3) is 0 Å². The lowest BCUT2D eigenvalue weighted by molar-refractivity contribution is 0.00459. The molecule has 0 saturated heterocycles. The van der Waals surface area contributed by atoms with Gasteiger partial charge in [0.2, 0.25) is 0 Å². The van der Waals surface area contributed by atoms with Crippen LogP contribution >= 0.6 is 0 Å². The Morgan fingerprint density at radius 1 is 1.45 bits per heavy atom. The first-order chi connectivity index (χ1) is 10.3. The van der Waals surface area contributed by atoms with Crippen LogP contribution in [-0.4, -0.2) is 22.6 Å². The molecule has 0 aliphatic heterocycles. The molecule has 2 rings (SSSR count). The molecule has 0 bridgehead atoms. The molecule has 1 amide bonds. The molecule has 0 N–H and O–H groups in total. The van der Waals surface area contributed by atoms with Gasteiger partial charge >= 0.3 is 6.09 Å². The largest absolute Gasteiger partial charge is 0.444 e. The first-order valence-corrected chi connectivity index (χ1v) is 7.55. The number of carbonyl (C=O) groups is 1. The van der Waals surface area contributed by atoms with E-state index in [2.05, 4.69) is 5.92 Å². The molecule has 0 atom stereocenters. The SMILES string of the molecule is C#Cc1ccc(CN(C(=O)OC(C)(C)C)C2CCC2)cc1F. The highest BCUT2D eigenvalue weighted by Gasteiger charge is 2.32. The number of benzene rings is 1. The van der Waals surface area contributed by atoms with E-state index in [9.17, 15) is 9.18 Å². The first kappa shape index (κ1) is 16.4. The fourth-order valence-corrected chi connectivity index (χ4v) is 2.33. The van der Waals surface area contributed by atoms with Gasteiger partial charge in [0.15, 0.2) is 0 Å². The van der Waals surface area contributed by atoms with Crippen LogP contribution in [-0.2, 0) is 11.3 Å². The van der Waals surface area contributed by atoms with Gasteiger partial charge in [-0.25, -0.2) is 9.18 Å². The zero-order chi connectivity index (χ0) is 16.3. The Bertz CT molecular complexity index is 594. The van der Waals surface area contributed by atoms with E-state index in [4.69, 9.17) is 11.2 Å². The quantitative estimate of drug-likeness (QED) is 0.787. The summed E-state index contributed by atoms with van der Waals surface area (Å²) in [5.41, 5.74) is 0.406. The number of ether oxygens (including phenoxy) is 1. The third kappa shape index (κ3) is 4.00. The van der Waals surface area contributed by atoms with Crippen LogP contribution in [0.3, 0.4) is 0 Å². The second-order valence-corrected chi connectivity index (χ2v) is 6.65. The summed E-state index contributed by atoms with van der Waals surface area (Å²) in [6, 6.07) is 4.89. The number of hydrogen-bond acceptors (Lipinski definition) is 2. The van der Waals surface area contributed by atoms with Crippen molar-refractivity contribution in [1.82, 2.24) is 4.90 Å². The summed E-state index contributed by atoms with van der Waals surface area (Å²) < 4.78 is 19.3. The van der Waals surface area contributed by atoms with Crippen molar-refractivity contribution in [3.63, 3.8) is 0 Å². The molecule has 1 aliphatic rings. The molecule has 1 aromatic carbocycles. The van der Waals surface area contributed by atoms with E-state index in [1.807, 2.05) is 20.8 Å². The molecular formula is C18H22FNO2. The molecular weight excluding hydrogens is 281 g/mol. The average molecular weight is 303 g/mol. The average Bonchev–Trinajstić information content (AvgIpc) is 2.34. The Hall–Kier alpha value is -2.02. The number of rotatable bonds is 3. The first-order valence-electron chi connectivity index (χ1n) is 7.55. The Balaban J connectivity index is 2.15. The third-order valence-corrected chi connectivity index (χ3v) is 3.69. The van der Waals surface area contributed by atoms with Gasteiger partial charge in [0.05, 0.1) is 5.56 Å². The minimum Gasteiger partial charge on any atom is -0.444 e. The maximum Gasteiger partial charge on any atom is 0.410 e. The smallest absolute Gasteiger partial charge is 0.410 e. The molecule has 0 unspecified atom stereocenters. The van der Waals surface area contributed by atoms with Crippen LogP contribution in [0.4, 0.5) is 9.18 Å². The lowest BCUT2D eigenvalue weighted by Gasteiger charge is -2.38. The molecule has 3 nitrogen and oxygen atoms in total. The molecule has 1 fully saturated rings. The zero-order valence-electron chi connectivity index (χ0n) is 13.4. The fourth-order valence-electron chi connectivity index (χ4n) is 2.33. The molecule has 22 heavy (non-hydrogen) atoms. The number of carbonyl (C=O) groups excluding carboxylic acids is 1. The lowest BCUT2D eigenvalue weighted by Crippen LogP contribution is -2.46. The van der Waals surface area contributed by atoms with Crippen molar-refractivity contribution in [1.29, 1.82) is 0 Å². The fraction of sp³-hybridized carbons (Fsp3) is 0.500. The Labute approximate surface area is 131 Å². The van der Waals surface area contributed by atoms with Crippen molar-refractivity contribution in [2.45, 2.75) is 58.2 Å². The van der Waals surface area contributed by atoms with Crippen molar-refractivity contribution in [3.05, 3.63) is 35.1 Å². The second-order valence-electron chi connectivity index (χ2n) is 6.65. The van der Waals surface area contributed by atoms with E-state index in [1.165, 1.54) is 6.07 Å². The van der Waals surface area contributed by atoms with Gasteiger partial charge in [0.25, 0.3) is 0 Å². The molecule has 118 valence electrons. The van der Waals surface area contributed by atoms with Crippen LogP contribution in [0.15, 0.2) is 18.2 Å². The third-order valence-electron chi connectivity index (χ3n) is 3.69. The standard InChI is InChI=1S/C18H22FNO2/c1-5-14-10-9-13(11-16(14)19)12-20(15-7-6-8-15)17(21)22-18(2,3)4/h1,9-11,15H,6-8,12H2,2-4H3. The number of hydrogen-bond donors (Lipinski definition) is 0. The molecule has 4 heteroatoms. The molecule has 1 aromatic rings. The van der Waals surface area contributed by atoms with Gasteiger partial charge in [0, 0.05) is 12.6 Å². The predicted molar refractivity (Wildman–Crippen MR) is 83.8 cm³/mol. The molecule has 0 radical (unpaired) electrons. The Morgan fingerprint density at radius 3 is 2.59 bits per heavy atom. The van der Waals surface area contributed by atoms with Crippen molar-refractivity contribution >= 4 is 6.09 Å². The van der Waals surface area contributed by atoms with E-state index in [0.717, 1.165) is 19.3 Å². The Kier molecular flexibility index (Phi) is 4.75. The number of terminal acetylenes is 1. The van der Waals surface area contributed by atoms with E-state index >= 15 is 0 Å². The van der Waals surface area contributed by atoms with Gasteiger partial charge in [-0.2, -0.15) is 0 Å². The lowest BCUT2D eigenvalue weighted by atomic mass is 9.91. The minimum atomic E-state index is -0.544. The molecule has 1 saturated carbocycles. The van der Waals surface area contributed by atoms with Crippen LogP contribution in [0.5, 0.6) is 0 Å². The summed E-state index contributed by atoms with van der Waals surface area (Å²) in [6.07, 6.45) is 7.91. The van der Waals surface area contributed by atoms with Crippen molar-refractivity contribution in [2.24, 2.45) is 0 Å². The van der Waals surface area contributed by atoms with E-state index in [-0.39, 0.29) is 17.7 Å². The highest BCUT2D eigenvalue weighted by molar-refractivity contribution is 5.68. The van der Waals surface area contributed by atoms with Crippen molar-refractivity contribution in [3.8, 4) is 12.3 Å². The zero-order valence-corrected chi connectivity index (χ0v) is 13.4. The topological polar surface area (TPSA) is 29.5 Å². The van der Waals surface area contributed by atoms with Crippen LogP contribution in [0, 0.1) is 18.2 Å². The van der Waals surface area contributed by atoms with Gasteiger partial charge < -0.3 is 9.64 Å². The summed E-state index contributed by atoms with van der Waals surface area (Å²) in [4.78, 5) is 14.1. The number of nitrogens with zero attached hydrogens (tertiary/aromatic N) is 1. The summed E-state index contributed by atoms with van der Waals surface area (Å²) in [6.45, 7) is 5.85. The van der Waals surface area contributed by atoms with Gasteiger partial charge in [-0.1, -0.05) is 12.0 Å². The normalized spacial score (nSPS) is 14.9. The van der Waals surface area contributed by atoms with E-state index < -0.39 is 11.4 Å². The van der Waals surface area contributed by atoms with Gasteiger partial charge in [-0.15, -0.1) is 6.42 Å². The molecule has 1 aliphatic carbocycles. The maximum atomic E-state index is 13.8.